The lowest BCUT2D eigenvalue weighted by Gasteiger charge is -1.86. The average molecular weight is 150 g/mol. The SMILES string of the molecule is Cc1ccoc1-c1nn[nH]n1. The van der Waals surface area contributed by atoms with Crippen LogP contribution in [0.15, 0.2) is 16.7 Å². The largest absolute Gasteiger partial charge is 0.461 e. The van der Waals surface area contributed by atoms with Crippen LogP contribution >= 0.6 is 0 Å². The van der Waals surface area contributed by atoms with Gasteiger partial charge >= 0.3 is 0 Å². The molecule has 1 N–H and O–H groups in total. The summed E-state index contributed by atoms with van der Waals surface area (Å²) >= 11 is 0. The quantitative estimate of drug-likeness (QED) is 0.651. The number of hydrogen-bond acceptors (Lipinski definition) is 4. The predicted octanol–water partition coefficient (Wildman–Crippen LogP) is 0.768. The van der Waals surface area contributed by atoms with E-state index < -0.39 is 0 Å². The maximum absolute atomic E-state index is 5.12. The van der Waals surface area contributed by atoms with Gasteiger partial charge < -0.3 is 4.42 Å². The molecule has 2 rings (SSSR count). The van der Waals surface area contributed by atoms with Crippen molar-refractivity contribution in [3.63, 3.8) is 0 Å². The molecule has 0 saturated carbocycles. The van der Waals surface area contributed by atoms with Crippen molar-refractivity contribution in [3.05, 3.63) is 17.9 Å². The average Bonchev–Trinajstić information content (AvgIpc) is 2.55. The molecule has 0 saturated heterocycles. The van der Waals surface area contributed by atoms with Crippen molar-refractivity contribution in [3.8, 4) is 11.6 Å². The van der Waals surface area contributed by atoms with Gasteiger partial charge in [0.2, 0.25) is 5.82 Å². The third-order valence-electron chi connectivity index (χ3n) is 1.41. The van der Waals surface area contributed by atoms with Crippen LogP contribution in [-0.4, -0.2) is 20.6 Å². The zero-order valence-electron chi connectivity index (χ0n) is 5.90. The van der Waals surface area contributed by atoms with E-state index >= 15 is 0 Å². The van der Waals surface area contributed by atoms with Crippen LogP contribution in [-0.2, 0) is 0 Å². The Morgan fingerprint density at radius 3 is 3.00 bits per heavy atom. The van der Waals surface area contributed by atoms with Crippen LogP contribution in [0.5, 0.6) is 0 Å². The van der Waals surface area contributed by atoms with Crippen molar-refractivity contribution in [2.24, 2.45) is 0 Å². The number of nitrogens with one attached hydrogen (secondary N) is 1. The van der Waals surface area contributed by atoms with Gasteiger partial charge in [-0.25, -0.2) is 0 Å². The third-order valence-corrected chi connectivity index (χ3v) is 1.41. The van der Waals surface area contributed by atoms with Gasteiger partial charge in [0.25, 0.3) is 0 Å². The van der Waals surface area contributed by atoms with E-state index in [1.54, 1.807) is 6.26 Å². The minimum absolute atomic E-state index is 0.493. The fourth-order valence-corrected chi connectivity index (χ4v) is 0.860. The van der Waals surface area contributed by atoms with Gasteiger partial charge in [-0.3, -0.25) is 0 Å². The number of furan rings is 1. The molecular weight excluding hydrogens is 144 g/mol. The molecule has 2 aromatic heterocycles. The molecule has 56 valence electrons. The third kappa shape index (κ3) is 0.899. The lowest BCUT2D eigenvalue weighted by atomic mass is 10.3. The van der Waals surface area contributed by atoms with Gasteiger partial charge in [0.05, 0.1) is 6.26 Å². The number of nitrogens with zero attached hydrogens (tertiary/aromatic N) is 3. The predicted molar refractivity (Wildman–Crippen MR) is 36.6 cm³/mol. The summed E-state index contributed by atoms with van der Waals surface area (Å²) in [5.41, 5.74) is 1.01. The van der Waals surface area contributed by atoms with Crippen LogP contribution in [0, 0.1) is 6.92 Å². The zero-order chi connectivity index (χ0) is 7.68. The van der Waals surface area contributed by atoms with Crippen LogP contribution in [0.4, 0.5) is 0 Å². The fourth-order valence-electron chi connectivity index (χ4n) is 0.860. The summed E-state index contributed by atoms with van der Waals surface area (Å²) in [5.74, 6) is 1.16. The highest BCUT2D eigenvalue weighted by Gasteiger charge is 2.08. The maximum atomic E-state index is 5.12. The lowest BCUT2D eigenvalue weighted by Crippen LogP contribution is -1.79. The normalized spacial score (nSPS) is 10.3. The van der Waals surface area contributed by atoms with E-state index in [0.717, 1.165) is 5.56 Å². The van der Waals surface area contributed by atoms with Gasteiger partial charge in [0.1, 0.15) is 0 Å². The van der Waals surface area contributed by atoms with E-state index in [4.69, 9.17) is 4.42 Å². The standard InChI is InChI=1S/C6H6N4O/c1-4-2-3-11-5(4)6-7-9-10-8-6/h2-3H,1H3,(H,7,8,9,10). The molecule has 0 aliphatic rings. The van der Waals surface area contributed by atoms with Gasteiger partial charge in [-0.15, -0.1) is 10.2 Å². The second-order valence-corrected chi connectivity index (χ2v) is 2.17. The zero-order valence-corrected chi connectivity index (χ0v) is 5.90. The number of aryl methyl sites for hydroxylation is 1. The topological polar surface area (TPSA) is 67.6 Å². The Hall–Kier alpha value is -1.65. The highest BCUT2D eigenvalue weighted by molar-refractivity contribution is 5.50. The van der Waals surface area contributed by atoms with Crippen LogP contribution < -0.4 is 0 Å². The second kappa shape index (κ2) is 2.19. The molecule has 0 unspecified atom stereocenters. The summed E-state index contributed by atoms with van der Waals surface area (Å²) in [6, 6.07) is 1.85. The van der Waals surface area contributed by atoms with E-state index in [1.165, 1.54) is 0 Å². The van der Waals surface area contributed by atoms with E-state index in [-0.39, 0.29) is 0 Å². The molecule has 0 radical (unpaired) electrons. The van der Waals surface area contributed by atoms with Gasteiger partial charge in [-0.1, -0.05) is 0 Å². The van der Waals surface area contributed by atoms with E-state index in [0.29, 0.717) is 11.6 Å². The molecule has 2 aromatic rings. The van der Waals surface area contributed by atoms with Crippen LogP contribution in [0.3, 0.4) is 0 Å². The molecule has 0 atom stereocenters. The van der Waals surface area contributed by atoms with Crippen molar-refractivity contribution >= 4 is 0 Å². The Morgan fingerprint density at radius 2 is 2.45 bits per heavy atom. The number of aromatic amines is 1. The summed E-state index contributed by atoms with van der Waals surface area (Å²) in [7, 11) is 0. The first kappa shape index (κ1) is 6.09. The summed E-state index contributed by atoms with van der Waals surface area (Å²) < 4.78 is 5.12. The number of H-pyrrole nitrogens is 1. The first-order valence-corrected chi connectivity index (χ1v) is 3.16. The van der Waals surface area contributed by atoms with Crippen molar-refractivity contribution < 1.29 is 4.42 Å². The molecule has 11 heavy (non-hydrogen) atoms. The first-order valence-electron chi connectivity index (χ1n) is 3.16. The molecule has 0 aliphatic carbocycles. The van der Waals surface area contributed by atoms with E-state index in [9.17, 15) is 0 Å². The van der Waals surface area contributed by atoms with Crippen LogP contribution in [0.2, 0.25) is 0 Å². The summed E-state index contributed by atoms with van der Waals surface area (Å²) in [4.78, 5) is 0. The minimum atomic E-state index is 0.493. The molecule has 2 heterocycles. The van der Waals surface area contributed by atoms with Gasteiger partial charge in [0, 0.05) is 0 Å². The van der Waals surface area contributed by atoms with Crippen LogP contribution in [0.1, 0.15) is 5.56 Å². The molecule has 0 spiro atoms. The van der Waals surface area contributed by atoms with Crippen LogP contribution in [0.25, 0.3) is 11.6 Å². The Kier molecular flexibility index (Phi) is 1.21. The molecule has 0 bridgehead atoms. The molecule has 0 amide bonds. The fraction of sp³-hybridized carbons (Fsp3) is 0.167. The minimum Gasteiger partial charge on any atom is -0.461 e. The first-order chi connectivity index (χ1) is 5.38. The highest BCUT2D eigenvalue weighted by atomic mass is 16.3. The number of rotatable bonds is 1. The summed E-state index contributed by atoms with van der Waals surface area (Å²) in [6.07, 6.45) is 1.60. The van der Waals surface area contributed by atoms with Gasteiger partial charge in [-0.2, -0.15) is 5.21 Å². The highest BCUT2D eigenvalue weighted by Crippen LogP contribution is 2.18. The van der Waals surface area contributed by atoms with Crippen molar-refractivity contribution in [2.45, 2.75) is 6.92 Å². The Bertz CT molecular complexity index is 337. The van der Waals surface area contributed by atoms with Crippen molar-refractivity contribution in [1.82, 2.24) is 20.6 Å². The number of hydrogen-bond donors (Lipinski definition) is 1. The second-order valence-electron chi connectivity index (χ2n) is 2.17. The summed E-state index contributed by atoms with van der Waals surface area (Å²) in [6.45, 7) is 1.93. The number of aromatic nitrogens is 4. The molecule has 5 heteroatoms. The van der Waals surface area contributed by atoms with Gasteiger partial charge in [-0.05, 0) is 23.8 Å². The molecule has 5 nitrogen and oxygen atoms in total. The smallest absolute Gasteiger partial charge is 0.240 e. The Labute approximate surface area is 62.4 Å². The molecule has 0 aliphatic heterocycles. The summed E-state index contributed by atoms with van der Waals surface area (Å²) in [5, 5.41) is 13.3. The molecule has 0 aromatic carbocycles. The monoisotopic (exact) mass is 150 g/mol. The molecular formula is C6H6N4O. The Morgan fingerprint density at radius 1 is 1.55 bits per heavy atom. The van der Waals surface area contributed by atoms with Crippen molar-refractivity contribution in [1.29, 1.82) is 0 Å². The number of tetrazole rings is 1. The van der Waals surface area contributed by atoms with E-state index in [1.807, 2.05) is 13.0 Å². The lowest BCUT2D eigenvalue weighted by molar-refractivity contribution is 0.576. The Balaban J connectivity index is 2.53. The van der Waals surface area contributed by atoms with Gasteiger partial charge in [0.15, 0.2) is 5.76 Å². The maximum Gasteiger partial charge on any atom is 0.240 e. The van der Waals surface area contributed by atoms with E-state index in [2.05, 4.69) is 20.6 Å². The molecule has 0 fully saturated rings. The van der Waals surface area contributed by atoms with Crippen molar-refractivity contribution in [2.75, 3.05) is 0 Å².